The van der Waals surface area contributed by atoms with E-state index in [0.29, 0.717) is 30.2 Å². The topological polar surface area (TPSA) is 35.6 Å². The molecule has 0 aromatic heterocycles. The fourth-order valence-corrected chi connectivity index (χ4v) is 3.26. The van der Waals surface area contributed by atoms with Crippen molar-refractivity contribution in [3.63, 3.8) is 0 Å². The van der Waals surface area contributed by atoms with Gasteiger partial charge in [-0.3, -0.25) is 9.69 Å². The first-order valence-corrected chi connectivity index (χ1v) is 9.22. The van der Waals surface area contributed by atoms with Crippen LogP contribution in [0.15, 0.2) is 48.5 Å². The van der Waals surface area contributed by atoms with E-state index in [1.807, 2.05) is 24.3 Å². The average Bonchev–Trinajstić information content (AvgIpc) is 2.65. The molecule has 1 N–H and O–H groups in total. The van der Waals surface area contributed by atoms with Crippen LogP contribution < -0.4 is 5.32 Å². The van der Waals surface area contributed by atoms with Crippen LogP contribution in [0.1, 0.15) is 12.0 Å². The van der Waals surface area contributed by atoms with Gasteiger partial charge in [0.1, 0.15) is 5.82 Å². The molecule has 2 aromatic carbocycles. The summed E-state index contributed by atoms with van der Waals surface area (Å²) in [6.45, 7) is 4.86. The highest BCUT2D eigenvalue weighted by molar-refractivity contribution is 6.33. The molecule has 1 aliphatic heterocycles. The molecule has 0 atom stereocenters. The standard InChI is InChI=1S/C20H23ClFN3O/c21-17-6-2-4-8-19(17)23-20(26)9-10-24-11-13-25(14-12-24)15-16-5-1-3-7-18(16)22/h1-8H,9-15H2,(H,23,26). The van der Waals surface area contributed by atoms with Crippen LogP contribution in [0.3, 0.4) is 0 Å². The monoisotopic (exact) mass is 375 g/mol. The summed E-state index contributed by atoms with van der Waals surface area (Å²) < 4.78 is 13.7. The summed E-state index contributed by atoms with van der Waals surface area (Å²) in [6.07, 6.45) is 0.429. The van der Waals surface area contributed by atoms with E-state index in [-0.39, 0.29) is 11.7 Å². The number of piperazine rings is 1. The van der Waals surface area contributed by atoms with Gasteiger partial charge < -0.3 is 10.2 Å². The predicted molar refractivity (Wildman–Crippen MR) is 103 cm³/mol. The Balaban J connectivity index is 1.39. The maximum absolute atomic E-state index is 13.7. The first-order chi connectivity index (χ1) is 12.6. The van der Waals surface area contributed by atoms with Crippen molar-refractivity contribution in [3.8, 4) is 0 Å². The van der Waals surface area contributed by atoms with Crippen molar-refractivity contribution in [1.82, 2.24) is 9.80 Å². The Kier molecular flexibility index (Phi) is 6.61. The molecule has 4 nitrogen and oxygen atoms in total. The first kappa shape index (κ1) is 18.8. The summed E-state index contributed by atoms with van der Waals surface area (Å²) in [5, 5.41) is 3.39. The number of hydrogen-bond donors (Lipinski definition) is 1. The molecule has 1 saturated heterocycles. The van der Waals surface area contributed by atoms with E-state index in [9.17, 15) is 9.18 Å². The minimum Gasteiger partial charge on any atom is -0.325 e. The molecule has 0 aliphatic carbocycles. The lowest BCUT2D eigenvalue weighted by Gasteiger charge is -2.34. The largest absolute Gasteiger partial charge is 0.325 e. The third kappa shape index (κ3) is 5.27. The number of hydrogen-bond acceptors (Lipinski definition) is 3. The van der Waals surface area contributed by atoms with E-state index in [1.165, 1.54) is 6.07 Å². The summed E-state index contributed by atoms with van der Waals surface area (Å²) in [4.78, 5) is 16.6. The maximum atomic E-state index is 13.7. The van der Waals surface area contributed by atoms with Crippen LogP contribution in [0.5, 0.6) is 0 Å². The van der Waals surface area contributed by atoms with Crippen molar-refractivity contribution >= 4 is 23.2 Å². The van der Waals surface area contributed by atoms with Crippen molar-refractivity contribution < 1.29 is 9.18 Å². The van der Waals surface area contributed by atoms with Gasteiger partial charge in [-0.15, -0.1) is 0 Å². The lowest BCUT2D eigenvalue weighted by atomic mass is 10.2. The Morgan fingerprint density at radius 3 is 2.38 bits per heavy atom. The Labute approximate surface area is 158 Å². The maximum Gasteiger partial charge on any atom is 0.225 e. The second-order valence-corrected chi connectivity index (χ2v) is 6.89. The summed E-state index contributed by atoms with van der Waals surface area (Å²) >= 11 is 6.05. The van der Waals surface area contributed by atoms with Crippen LogP contribution in [0, 0.1) is 5.82 Å². The SMILES string of the molecule is O=C(CCN1CCN(Cc2ccccc2F)CC1)Nc1ccccc1Cl. The Bertz CT molecular complexity index is 747. The van der Waals surface area contributed by atoms with Crippen LogP contribution in [0.4, 0.5) is 10.1 Å². The number of anilines is 1. The molecule has 3 rings (SSSR count). The van der Waals surface area contributed by atoms with E-state index in [2.05, 4.69) is 15.1 Å². The normalized spacial score (nSPS) is 15.8. The molecule has 0 radical (unpaired) electrons. The van der Waals surface area contributed by atoms with Crippen molar-refractivity contribution in [1.29, 1.82) is 0 Å². The minimum atomic E-state index is -0.147. The molecule has 138 valence electrons. The van der Waals surface area contributed by atoms with Gasteiger partial charge >= 0.3 is 0 Å². The Morgan fingerprint density at radius 1 is 1.00 bits per heavy atom. The quantitative estimate of drug-likeness (QED) is 0.837. The number of carbonyl (C=O) groups excluding carboxylic acids is 1. The first-order valence-electron chi connectivity index (χ1n) is 8.84. The van der Waals surface area contributed by atoms with Gasteiger partial charge in [0, 0.05) is 51.3 Å². The summed E-state index contributed by atoms with van der Waals surface area (Å²) in [7, 11) is 0. The lowest BCUT2D eigenvalue weighted by Crippen LogP contribution is -2.46. The molecule has 6 heteroatoms. The van der Waals surface area contributed by atoms with E-state index in [0.717, 1.165) is 31.7 Å². The van der Waals surface area contributed by atoms with Crippen molar-refractivity contribution in [2.75, 3.05) is 38.0 Å². The number of nitrogens with one attached hydrogen (secondary N) is 1. The molecule has 1 heterocycles. The zero-order valence-corrected chi connectivity index (χ0v) is 15.4. The van der Waals surface area contributed by atoms with E-state index in [1.54, 1.807) is 18.2 Å². The highest BCUT2D eigenvalue weighted by Crippen LogP contribution is 2.20. The molecule has 26 heavy (non-hydrogen) atoms. The molecule has 1 amide bonds. The van der Waals surface area contributed by atoms with Gasteiger partial charge in [-0.05, 0) is 18.2 Å². The zero-order valence-electron chi connectivity index (χ0n) is 14.6. The molecule has 0 saturated carbocycles. The van der Waals surface area contributed by atoms with E-state index < -0.39 is 0 Å². The van der Waals surface area contributed by atoms with E-state index >= 15 is 0 Å². The second-order valence-electron chi connectivity index (χ2n) is 6.49. The average molecular weight is 376 g/mol. The summed E-state index contributed by atoms with van der Waals surface area (Å²) in [5.74, 6) is -0.182. The van der Waals surface area contributed by atoms with Crippen LogP contribution >= 0.6 is 11.6 Å². The summed E-state index contributed by atoms with van der Waals surface area (Å²) in [5.41, 5.74) is 1.38. The van der Waals surface area contributed by atoms with Gasteiger partial charge in [-0.25, -0.2) is 4.39 Å². The van der Waals surface area contributed by atoms with Gasteiger partial charge in [0.2, 0.25) is 5.91 Å². The molecule has 1 aliphatic rings. The van der Waals surface area contributed by atoms with Gasteiger partial charge in [-0.2, -0.15) is 0 Å². The molecular weight excluding hydrogens is 353 g/mol. The van der Waals surface area contributed by atoms with Crippen molar-refractivity contribution in [2.24, 2.45) is 0 Å². The number of carbonyl (C=O) groups is 1. The van der Waals surface area contributed by atoms with Gasteiger partial charge in [-0.1, -0.05) is 41.9 Å². The third-order valence-corrected chi connectivity index (χ3v) is 4.95. The summed E-state index contributed by atoms with van der Waals surface area (Å²) in [6, 6.07) is 14.1. The van der Waals surface area contributed by atoms with E-state index in [4.69, 9.17) is 11.6 Å². The zero-order chi connectivity index (χ0) is 18.4. The highest BCUT2D eigenvalue weighted by Gasteiger charge is 2.18. The molecule has 1 fully saturated rings. The van der Waals surface area contributed by atoms with Gasteiger partial charge in [0.05, 0.1) is 10.7 Å². The number of rotatable bonds is 6. The molecule has 0 bridgehead atoms. The van der Waals surface area contributed by atoms with Crippen LogP contribution in [0.2, 0.25) is 5.02 Å². The fourth-order valence-electron chi connectivity index (χ4n) is 3.07. The number of nitrogens with zero attached hydrogens (tertiary/aromatic N) is 2. The number of amides is 1. The molecule has 0 spiro atoms. The van der Waals surface area contributed by atoms with Gasteiger partial charge in [0.25, 0.3) is 0 Å². The second kappa shape index (κ2) is 9.12. The Hall–Kier alpha value is -1.95. The third-order valence-electron chi connectivity index (χ3n) is 4.62. The number of para-hydroxylation sites is 1. The van der Waals surface area contributed by atoms with Gasteiger partial charge in [0.15, 0.2) is 0 Å². The lowest BCUT2D eigenvalue weighted by molar-refractivity contribution is -0.116. The van der Waals surface area contributed by atoms with Crippen molar-refractivity contribution in [2.45, 2.75) is 13.0 Å². The highest BCUT2D eigenvalue weighted by atomic mass is 35.5. The number of halogens is 2. The minimum absolute atomic E-state index is 0.0353. The molecule has 2 aromatic rings. The smallest absolute Gasteiger partial charge is 0.225 e. The van der Waals surface area contributed by atoms with Crippen LogP contribution in [-0.2, 0) is 11.3 Å². The Morgan fingerprint density at radius 2 is 1.65 bits per heavy atom. The fraction of sp³-hybridized carbons (Fsp3) is 0.350. The molecular formula is C20H23ClFN3O. The molecule has 0 unspecified atom stereocenters. The predicted octanol–water partition coefficient (Wildman–Crippen LogP) is 3.63. The van der Waals surface area contributed by atoms with Crippen molar-refractivity contribution in [3.05, 3.63) is 64.9 Å². The number of benzene rings is 2. The van der Waals surface area contributed by atoms with Crippen LogP contribution in [0.25, 0.3) is 0 Å². The van der Waals surface area contributed by atoms with Crippen LogP contribution in [-0.4, -0.2) is 48.4 Å².